The molecule has 0 fully saturated rings. The Morgan fingerprint density at radius 2 is 1.71 bits per heavy atom. The fourth-order valence-corrected chi connectivity index (χ4v) is 1.90. The van der Waals surface area contributed by atoms with Crippen LogP contribution in [0.4, 0.5) is 0 Å². The minimum atomic E-state index is -0.455. The Bertz CT molecular complexity index is 647. The van der Waals surface area contributed by atoms with Gasteiger partial charge in [0.05, 0.1) is 12.7 Å². The summed E-state index contributed by atoms with van der Waals surface area (Å²) in [6.45, 7) is 2.46. The molecule has 0 atom stereocenters. The highest BCUT2D eigenvalue weighted by atomic mass is 16.5. The molecule has 0 aliphatic heterocycles. The van der Waals surface area contributed by atoms with Crippen LogP contribution in [-0.4, -0.2) is 19.0 Å². The Morgan fingerprint density at radius 3 is 2.38 bits per heavy atom. The van der Waals surface area contributed by atoms with Gasteiger partial charge in [-0.2, -0.15) is 0 Å². The zero-order valence-electron chi connectivity index (χ0n) is 12.1. The number of aryl methyl sites for hydroxylation is 1. The predicted octanol–water partition coefficient (Wildman–Crippen LogP) is 2.71. The molecule has 0 spiro atoms. The van der Waals surface area contributed by atoms with Crippen LogP contribution in [-0.2, 0) is 11.3 Å². The number of nitrogens with one attached hydrogen (secondary N) is 1. The van der Waals surface area contributed by atoms with Crippen LogP contribution in [0.15, 0.2) is 48.5 Å². The molecule has 0 aliphatic rings. The smallest absolute Gasteiger partial charge is 0.337 e. The molecule has 0 heterocycles. The molecule has 108 valence electrons. The molecular weight excluding hydrogens is 266 g/mol. The lowest BCUT2D eigenvalue weighted by Gasteiger charge is -2.07. The van der Waals surface area contributed by atoms with Crippen molar-refractivity contribution in [1.82, 2.24) is 5.32 Å². The number of benzene rings is 2. The Labute approximate surface area is 123 Å². The van der Waals surface area contributed by atoms with Crippen LogP contribution in [0.5, 0.6) is 0 Å². The summed E-state index contributed by atoms with van der Waals surface area (Å²) < 4.78 is 4.64. The summed E-state index contributed by atoms with van der Waals surface area (Å²) in [5, 5.41) is 2.83. The summed E-state index contributed by atoms with van der Waals surface area (Å²) in [6.07, 6.45) is 0. The second-order valence-corrected chi connectivity index (χ2v) is 4.74. The SMILES string of the molecule is COC(=O)c1cccc(C(=O)NCc2ccc(C)cc2)c1. The normalized spacial score (nSPS) is 10.0. The first-order valence-electron chi connectivity index (χ1n) is 6.62. The molecule has 2 aromatic rings. The summed E-state index contributed by atoms with van der Waals surface area (Å²) in [5.41, 5.74) is 3.00. The van der Waals surface area contributed by atoms with Crippen molar-refractivity contribution < 1.29 is 14.3 Å². The highest BCUT2D eigenvalue weighted by Gasteiger charge is 2.10. The third-order valence-electron chi connectivity index (χ3n) is 3.12. The minimum Gasteiger partial charge on any atom is -0.465 e. The van der Waals surface area contributed by atoms with E-state index in [-0.39, 0.29) is 5.91 Å². The lowest BCUT2D eigenvalue weighted by atomic mass is 10.1. The van der Waals surface area contributed by atoms with Crippen LogP contribution < -0.4 is 5.32 Å². The standard InChI is InChI=1S/C17H17NO3/c1-12-6-8-13(9-7-12)11-18-16(19)14-4-3-5-15(10-14)17(20)21-2/h3-10H,11H2,1-2H3,(H,18,19). The van der Waals surface area contributed by atoms with E-state index in [2.05, 4.69) is 10.1 Å². The van der Waals surface area contributed by atoms with Crippen LogP contribution in [0.2, 0.25) is 0 Å². The number of hydrogen-bond acceptors (Lipinski definition) is 3. The maximum atomic E-state index is 12.1. The van der Waals surface area contributed by atoms with Crippen molar-refractivity contribution in [3.05, 3.63) is 70.8 Å². The van der Waals surface area contributed by atoms with Crippen molar-refractivity contribution in [3.8, 4) is 0 Å². The summed E-state index contributed by atoms with van der Waals surface area (Å²) in [6, 6.07) is 14.4. The largest absolute Gasteiger partial charge is 0.465 e. The van der Waals surface area contributed by atoms with Gasteiger partial charge >= 0.3 is 5.97 Å². The summed E-state index contributed by atoms with van der Waals surface area (Å²) in [7, 11) is 1.31. The van der Waals surface area contributed by atoms with E-state index >= 15 is 0 Å². The molecule has 2 rings (SSSR count). The van der Waals surface area contributed by atoms with E-state index in [1.54, 1.807) is 18.2 Å². The van der Waals surface area contributed by atoms with Gasteiger partial charge in [-0.25, -0.2) is 4.79 Å². The second-order valence-electron chi connectivity index (χ2n) is 4.74. The average molecular weight is 283 g/mol. The molecule has 0 saturated heterocycles. The molecule has 1 N–H and O–H groups in total. The molecule has 0 aliphatic carbocycles. The topological polar surface area (TPSA) is 55.4 Å². The lowest BCUT2D eigenvalue weighted by Crippen LogP contribution is -2.23. The highest BCUT2D eigenvalue weighted by Crippen LogP contribution is 2.08. The number of carbonyl (C=O) groups excluding carboxylic acids is 2. The van der Waals surface area contributed by atoms with Gasteiger partial charge in [0.2, 0.25) is 0 Å². The molecule has 0 aromatic heterocycles. The van der Waals surface area contributed by atoms with Crippen LogP contribution in [0.3, 0.4) is 0 Å². The number of ether oxygens (including phenoxy) is 1. The molecule has 4 nitrogen and oxygen atoms in total. The van der Waals surface area contributed by atoms with E-state index in [1.807, 2.05) is 31.2 Å². The van der Waals surface area contributed by atoms with Gasteiger partial charge in [0, 0.05) is 12.1 Å². The quantitative estimate of drug-likeness (QED) is 0.878. The second kappa shape index (κ2) is 6.70. The van der Waals surface area contributed by atoms with Crippen molar-refractivity contribution in [1.29, 1.82) is 0 Å². The van der Waals surface area contributed by atoms with Gasteiger partial charge in [-0.05, 0) is 30.7 Å². The van der Waals surface area contributed by atoms with Gasteiger partial charge in [0.25, 0.3) is 5.91 Å². The lowest BCUT2D eigenvalue weighted by molar-refractivity contribution is 0.0600. The minimum absolute atomic E-state index is 0.221. The van der Waals surface area contributed by atoms with Gasteiger partial charge in [-0.15, -0.1) is 0 Å². The maximum Gasteiger partial charge on any atom is 0.337 e. The zero-order valence-corrected chi connectivity index (χ0v) is 12.1. The Hall–Kier alpha value is -2.62. The van der Waals surface area contributed by atoms with E-state index in [4.69, 9.17) is 0 Å². The summed E-state index contributed by atoms with van der Waals surface area (Å²) in [5.74, 6) is -0.676. The Morgan fingerprint density at radius 1 is 1.05 bits per heavy atom. The van der Waals surface area contributed by atoms with Gasteiger partial charge in [0.1, 0.15) is 0 Å². The molecule has 4 heteroatoms. The first kappa shape index (κ1) is 14.8. The van der Waals surface area contributed by atoms with Gasteiger partial charge in [0.15, 0.2) is 0 Å². The van der Waals surface area contributed by atoms with Crippen molar-refractivity contribution >= 4 is 11.9 Å². The fraction of sp³-hybridized carbons (Fsp3) is 0.176. The number of carbonyl (C=O) groups is 2. The molecule has 0 unspecified atom stereocenters. The van der Waals surface area contributed by atoms with E-state index in [0.29, 0.717) is 17.7 Å². The fourth-order valence-electron chi connectivity index (χ4n) is 1.90. The van der Waals surface area contributed by atoms with Gasteiger partial charge in [-0.3, -0.25) is 4.79 Å². The molecule has 0 radical (unpaired) electrons. The molecule has 21 heavy (non-hydrogen) atoms. The molecular formula is C17H17NO3. The van der Waals surface area contributed by atoms with Crippen LogP contribution in [0.1, 0.15) is 31.8 Å². The van der Waals surface area contributed by atoms with E-state index in [1.165, 1.54) is 18.7 Å². The number of amides is 1. The highest BCUT2D eigenvalue weighted by molar-refractivity contribution is 5.97. The van der Waals surface area contributed by atoms with Crippen LogP contribution in [0.25, 0.3) is 0 Å². The third kappa shape index (κ3) is 3.92. The molecule has 2 aromatic carbocycles. The summed E-state index contributed by atoms with van der Waals surface area (Å²) >= 11 is 0. The number of methoxy groups -OCH3 is 1. The van der Waals surface area contributed by atoms with Gasteiger partial charge < -0.3 is 10.1 Å². The van der Waals surface area contributed by atoms with Crippen molar-refractivity contribution in [2.24, 2.45) is 0 Å². The molecule has 0 bridgehead atoms. The maximum absolute atomic E-state index is 12.1. The number of rotatable bonds is 4. The number of esters is 1. The Kier molecular flexibility index (Phi) is 4.72. The average Bonchev–Trinajstić information content (AvgIpc) is 2.53. The third-order valence-corrected chi connectivity index (χ3v) is 3.12. The first-order chi connectivity index (χ1) is 10.1. The van der Waals surface area contributed by atoms with Crippen molar-refractivity contribution in [2.75, 3.05) is 7.11 Å². The van der Waals surface area contributed by atoms with Crippen molar-refractivity contribution in [3.63, 3.8) is 0 Å². The summed E-state index contributed by atoms with van der Waals surface area (Å²) in [4.78, 5) is 23.5. The molecule has 1 amide bonds. The van der Waals surface area contributed by atoms with E-state index < -0.39 is 5.97 Å². The van der Waals surface area contributed by atoms with E-state index in [0.717, 1.165) is 5.56 Å². The number of hydrogen-bond donors (Lipinski definition) is 1. The van der Waals surface area contributed by atoms with E-state index in [9.17, 15) is 9.59 Å². The van der Waals surface area contributed by atoms with Crippen LogP contribution >= 0.6 is 0 Å². The molecule has 0 saturated carbocycles. The predicted molar refractivity (Wildman–Crippen MR) is 80.1 cm³/mol. The monoisotopic (exact) mass is 283 g/mol. The Balaban J connectivity index is 2.03. The van der Waals surface area contributed by atoms with Gasteiger partial charge in [-0.1, -0.05) is 35.9 Å². The van der Waals surface area contributed by atoms with Crippen molar-refractivity contribution in [2.45, 2.75) is 13.5 Å². The zero-order chi connectivity index (χ0) is 15.2. The first-order valence-corrected chi connectivity index (χ1v) is 6.62. The van der Waals surface area contributed by atoms with Crippen LogP contribution in [0, 0.1) is 6.92 Å².